The van der Waals surface area contributed by atoms with Gasteiger partial charge >= 0.3 is 0 Å². The minimum Gasteiger partial charge on any atom is -0.329 e. The summed E-state index contributed by atoms with van der Waals surface area (Å²) in [6.45, 7) is 4.11. The quantitative estimate of drug-likeness (QED) is 0.812. The van der Waals surface area contributed by atoms with Gasteiger partial charge in [0.15, 0.2) is 0 Å². The number of sulfonamides is 1. The standard InChI is InChI=1S/C14H21ClN2O2S/c1-3-14(4-2,11-16)17-20(18,19)10-9-12-5-7-13(15)8-6-12/h5-10,17H,3-4,11,16H2,1-2H3. The van der Waals surface area contributed by atoms with Crippen molar-refractivity contribution in [2.45, 2.75) is 32.2 Å². The molecule has 0 aliphatic heterocycles. The first-order valence-electron chi connectivity index (χ1n) is 6.54. The molecule has 0 unspecified atom stereocenters. The van der Waals surface area contributed by atoms with Crippen LogP contribution in [0.2, 0.25) is 5.02 Å². The average Bonchev–Trinajstić information content (AvgIpc) is 2.44. The molecule has 0 atom stereocenters. The molecular formula is C14H21ClN2O2S. The molecule has 1 rings (SSSR count). The Balaban J connectivity index is 2.87. The summed E-state index contributed by atoms with van der Waals surface area (Å²) in [4.78, 5) is 0. The Hall–Kier alpha value is -0.880. The second-order valence-electron chi connectivity index (χ2n) is 4.69. The molecule has 1 aromatic rings. The maximum Gasteiger partial charge on any atom is 0.234 e. The Morgan fingerprint density at radius 2 is 1.80 bits per heavy atom. The summed E-state index contributed by atoms with van der Waals surface area (Å²) in [5.41, 5.74) is 5.88. The molecule has 6 heteroatoms. The molecule has 4 nitrogen and oxygen atoms in total. The van der Waals surface area contributed by atoms with Gasteiger partial charge in [-0.15, -0.1) is 0 Å². The second kappa shape index (κ2) is 7.22. The van der Waals surface area contributed by atoms with E-state index < -0.39 is 15.6 Å². The Morgan fingerprint density at radius 1 is 1.25 bits per heavy atom. The van der Waals surface area contributed by atoms with Gasteiger partial charge in [-0.1, -0.05) is 37.6 Å². The molecule has 0 bridgehead atoms. The Morgan fingerprint density at radius 3 is 2.25 bits per heavy atom. The number of rotatable bonds is 7. The first-order chi connectivity index (χ1) is 9.36. The third-order valence-electron chi connectivity index (χ3n) is 3.41. The van der Waals surface area contributed by atoms with Gasteiger partial charge in [-0.05, 0) is 36.6 Å². The molecule has 0 amide bonds. The van der Waals surface area contributed by atoms with Crippen LogP contribution in [-0.4, -0.2) is 20.5 Å². The lowest BCUT2D eigenvalue weighted by atomic mass is 9.95. The normalized spacial score (nSPS) is 13.0. The van der Waals surface area contributed by atoms with Gasteiger partial charge < -0.3 is 5.73 Å². The number of nitrogens with one attached hydrogen (secondary N) is 1. The zero-order valence-corrected chi connectivity index (χ0v) is 13.3. The highest BCUT2D eigenvalue weighted by Crippen LogP contribution is 2.16. The van der Waals surface area contributed by atoms with Gasteiger partial charge in [-0.25, -0.2) is 13.1 Å². The van der Waals surface area contributed by atoms with E-state index in [-0.39, 0.29) is 6.54 Å². The van der Waals surface area contributed by atoms with Crippen LogP contribution in [0.25, 0.3) is 6.08 Å². The molecule has 0 radical (unpaired) electrons. The highest BCUT2D eigenvalue weighted by Gasteiger charge is 2.28. The first-order valence-corrected chi connectivity index (χ1v) is 8.46. The maximum absolute atomic E-state index is 12.1. The SMILES string of the molecule is CCC(CC)(CN)NS(=O)(=O)C=Cc1ccc(Cl)cc1. The zero-order chi connectivity index (χ0) is 15.2. The lowest BCUT2D eigenvalue weighted by Crippen LogP contribution is -2.52. The van der Waals surface area contributed by atoms with Crippen LogP contribution in [0.5, 0.6) is 0 Å². The smallest absolute Gasteiger partial charge is 0.234 e. The lowest BCUT2D eigenvalue weighted by molar-refractivity contribution is 0.365. The molecular weight excluding hydrogens is 296 g/mol. The highest BCUT2D eigenvalue weighted by atomic mass is 35.5. The number of hydrogen-bond acceptors (Lipinski definition) is 3. The molecule has 1 aromatic carbocycles. The predicted molar refractivity (Wildman–Crippen MR) is 84.9 cm³/mol. The summed E-state index contributed by atoms with van der Waals surface area (Å²) < 4.78 is 26.8. The number of nitrogens with two attached hydrogens (primary N) is 1. The van der Waals surface area contributed by atoms with E-state index >= 15 is 0 Å². The van der Waals surface area contributed by atoms with E-state index in [0.717, 1.165) is 11.0 Å². The van der Waals surface area contributed by atoms with Gasteiger partial charge in [-0.3, -0.25) is 0 Å². The van der Waals surface area contributed by atoms with Crippen molar-refractivity contribution in [2.24, 2.45) is 5.73 Å². The molecule has 0 aliphatic rings. The number of benzene rings is 1. The van der Waals surface area contributed by atoms with Crippen molar-refractivity contribution in [1.82, 2.24) is 4.72 Å². The number of halogens is 1. The van der Waals surface area contributed by atoms with E-state index in [0.29, 0.717) is 17.9 Å². The van der Waals surface area contributed by atoms with Gasteiger partial charge in [-0.2, -0.15) is 0 Å². The summed E-state index contributed by atoms with van der Waals surface area (Å²) in [5, 5.41) is 1.77. The summed E-state index contributed by atoms with van der Waals surface area (Å²) in [7, 11) is -3.53. The Kier molecular flexibility index (Phi) is 6.20. The molecule has 112 valence electrons. The number of hydrogen-bond donors (Lipinski definition) is 2. The fourth-order valence-electron chi connectivity index (χ4n) is 1.80. The minimum absolute atomic E-state index is 0.272. The van der Waals surface area contributed by atoms with E-state index in [1.165, 1.54) is 6.08 Å². The molecule has 0 spiro atoms. The summed E-state index contributed by atoms with van der Waals surface area (Å²) in [5.74, 6) is 0. The van der Waals surface area contributed by atoms with Crippen LogP contribution in [0.3, 0.4) is 0 Å². The van der Waals surface area contributed by atoms with Crippen molar-refractivity contribution in [2.75, 3.05) is 6.54 Å². The average molecular weight is 317 g/mol. The van der Waals surface area contributed by atoms with Gasteiger partial charge in [0.2, 0.25) is 10.0 Å². The maximum atomic E-state index is 12.1. The Labute approximate surface area is 126 Å². The van der Waals surface area contributed by atoms with Crippen LogP contribution < -0.4 is 10.5 Å². The van der Waals surface area contributed by atoms with Crippen molar-refractivity contribution >= 4 is 27.7 Å². The van der Waals surface area contributed by atoms with Crippen LogP contribution in [-0.2, 0) is 10.0 Å². The van der Waals surface area contributed by atoms with E-state index in [1.54, 1.807) is 24.3 Å². The van der Waals surface area contributed by atoms with Gasteiger partial charge in [0.25, 0.3) is 0 Å². The zero-order valence-electron chi connectivity index (χ0n) is 11.8. The van der Waals surface area contributed by atoms with E-state index in [2.05, 4.69) is 4.72 Å². The van der Waals surface area contributed by atoms with Crippen LogP contribution in [0.15, 0.2) is 29.7 Å². The van der Waals surface area contributed by atoms with Crippen LogP contribution in [0.4, 0.5) is 0 Å². The van der Waals surface area contributed by atoms with Crippen molar-refractivity contribution in [3.63, 3.8) is 0 Å². The third-order valence-corrected chi connectivity index (χ3v) is 4.88. The molecule has 0 heterocycles. The lowest BCUT2D eigenvalue weighted by Gasteiger charge is -2.30. The molecule has 0 aliphatic carbocycles. The minimum atomic E-state index is -3.53. The Bertz CT molecular complexity index is 541. The molecule has 0 saturated heterocycles. The largest absolute Gasteiger partial charge is 0.329 e. The second-order valence-corrected chi connectivity index (χ2v) is 6.70. The molecule has 20 heavy (non-hydrogen) atoms. The van der Waals surface area contributed by atoms with Crippen molar-refractivity contribution in [3.8, 4) is 0 Å². The topological polar surface area (TPSA) is 72.2 Å². The predicted octanol–water partition coefficient (Wildman–Crippen LogP) is 2.75. The van der Waals surface area contributed by atoms with Gasteiger partial charge in [0.1, 0.15) is 0 Å². The summed E-state index contributed by atoms with van der Waals surface area (Å²) >= 11 is 5.78. The monoisotopic (exact) mass is 316 g/mol. The van der Waals surface area contributed by atoms with E-state index in [1.807, 2.05) is 13.8 Å². The molecule has 0 saturated carbocycles. The highest BCUT2D eigenvalue weighted by molar-refractivity contribution is 7.92. The van der Waals surface area contributed by atoms with E-state index in [4.69, 9.17) is 17.3 Å². The van der Waals surface area contributed by atoms with Gasteiger partial charge in [0, 0.05) is 22.5 Å². The van der Waals surface area contributed by atoms with Crippen LogP contribution >= 0.6 is 11.6 Å². The van der Waals surface area contributed by atoms with Crippen molar-refractivity contribution in [3.05, 3.63) is 40.3 Å². The summed E-state index contributed by atoms with van der Waals surface area (Å²) in [6, 6.07) is 6.93. The van der Waals surface area contributed by atoms with Gasteiger partial charge in [0.05, 0.1) is 0 Å². The molecule has 0 fully saturated rings. The molecule has 0 aromatic heterocycles. The van der Waals surface area contributed by atoms with E-state index in [9.17, 15) is 8.42 Å². The van der Waals surface area contributed by atoms with Crippen LogP contribution in [0.1, 0.15) is 32.3 Å². The fourth-order valence-corrected chi connectivity index (χ4v) is 3.31. The fraction of sp³-hybridized carbons (Fsp3) is 0.429. The van der Waals surface area contributed by atoms with Crippen LogP contribution in [0, 0.1) is 0 Å². The summed E-state index contributed by atoms with van der Waals surface area (Å²) in [6.07, 6.45) is 2.83. The molecule has 3 N–H and O–H groups in total. The third kappa shape index (κ3) is 4.90. The van der Waals surface area contributed by atoms with Crippen molar-refractivity contribution < 1.29 is 8.42 Å². The first kappa shape index (κ1) is 17.2. The van der Waals surface area contributed by atoms with Crippen molar-refractivity contribution in [1.29, 1.82) is 0 Å².